The predicted molar refractivity (Wildman–Crippen MR) is 95.5 cm³/mol. The van der Waals surface area contributed by atoms with E-state index in [1.165, 1.54) is 37.3 Å². The smallest absolute Gasteiger partial charge is 0.231 e. The Balaban J connectivity index is 1.29. The summed E-state index contributed by atoms with van der Waals surface area (Å²) >= 11 is 3.50. The number of piperazine rings is 1. The Hall–Kier alpha value is -1.56. The molecule has 0 spiro atoms. The summed E-state index contributed by atoms with van der Waals surface area (Å²) in [5, 5.41) is 0. The van der Waals surface area contributed by atoms with Gasteiger partial charge in [-0.05, 0) is 30.3 Å². The predicted octanol–water partition coefficient (Wildman–Crippen LogP) is 0.661. The van der Waals surface area contributed by atoms with E-state index >= 15 is 0 Å². The Morgan fingerprint density at radius 2 is 1.33 bits per heavy atom. The minimum atomic E-state index is 0.351. The topological polar surface area (TPSA) is 27.3 Å². The van der Waals surface area contributed by atoms with Gasteiger partial charge in [0.05, 0.1) is 0 Å². The van der Waals surface area contributed by atoms with Crippen LogP contribution >= 0.6 is 15.9 Å². The van der Waals surface area contributed by atoms with E-state index in [1.54, 1.807) is 9.80 Å². The van der Waals surface area contributed by atoms with E-state index in [9.17, 15) is 0 Å². The Morgan fingerprint density at radius 1 is 0.750 bits per heavy atom. The van der Waals surface area contributed by atoms with Gasteiger partial charge in [-0.15, -0.1) is 0 Å². The molecule has 126 valence electrons. The van der Waals surface area contributed by atoms with Crippen LogP contribution in [-0.4, -0.2) is 33.0 Å². The van der Waals surface area contributed by atoms with Crippen LogP contribution in [0.5, 0.6) is 11.5 Å². The minimum absolute atomic E-state index is 0.351. The lowest BCUT2D eigenvalue weighted by molar-refractivity contribution is -1.02. The van der Waals surface area contributed by atoms with Crippen LogP contribution in [-0.2, 0) is 13.1 Å². The molecule has 0 bridgehead atoms. The van der Waals surface area contributed by atoms with Crippen molar-refractivity contribution in [3.05, 3.63) is 58.1 Å². The Bertz CT molecular complexity index is 697. The quantitative estimate of drug-likeness (QED) is 0.802. The third-order valence-corrected chi connectivity index (χ3v) is 5.45. The van der Waals surface area contributed by atoms with Crippen molar-refractivity contribution < 1.29 is 19.3 Å². The molecule has 0 unspecified atom stereocenters. The molecule has 4 rings (SSSR count). The molecule has 0 saturated carbocycles. The van der Waals surface area contributed by atoms with Crippen LogP contribution in [0.4, 0.5) is 0 Å². The third-order valence-electron chi connectivity index (χ3n) is 4.92. The summed E-state index contributed by atoms with van der Waals surface area (Å²) in [4.78, 5) is 3.35. The number of ether oxygens (including phenoxy) is 2. The zero-order valence-electron chi connectivity index (χ0n) is 13.7. The molecular weight excluding hydrogens is 368 g/mol. The summed E-state index contributed by atoms with van der Waals surface area (Å²) in [5.41, 5.74) is 2.76. The first-order valence-electron chi connectivity index (χ1n) is 8.56. The molecule has 2 N–H and O–H groups in total. The molecule has 2 aromatic rings. The molecule has 0 amide bonds. The number of nitrogens with one attached hydrogen (secondary N) is 2. The van der Waals surface area contributed by atoms with Gasteiger partial charge in [0.1, 0.15) is 39.3 Å². The van der Waals surface area contributed by atoms with Gasteiger partial charge in [-0.2, -0.15) is 0 Å². The molecular formula is C19H23BrN2O2+2. The van der Waals surface area contributed by atoms with Crippen molar-refractivity contribution >= 4 is 15.9 Å². The summed E-state index contributed by atoms with van der Waals surface area (Å²) in [6, 6.07) is 15.1. The highest BCUT2D eigenvalue weighted by molar-refractivity contribution is 9.10. The van der Waals surface area contributed by atoms with E-state index in [4.69, 9.17) is 9.47 Å². The largest absolute Gasteiger partial charge is 0.454 e. The molecule has 0 aliphatic carbocycles. The average Bonchev–Trinajstić information content (AvgIpc) is 3.06. The first-order chi connectivity index (χ1) is 11.8. The zero-order chi connectivity index (χ0) is 16.4. The summed E-state index contributed by atoms with van der Waals surface area (Å²) in [7, 11) is 0. The number of hydrogen-bond acceptors (Lipinski definition) is 2. The molecule has 1 saturated heterocycles. The second-order valence-electron chi connectivity index (χ2n) is 6.67. The number of halogens is 1. The summed E-state index contributed by atoms with van der Waals surface area (Å²) < 4.78 is 12.0. The van der Waals surface area contributed by atoms with Crippen molar-refractivity contribution in [2.24, 2.45) is 0 Å². The third kappa shape index (κ3) is 3.74. The molecule has 0 atom stereocenters. The van der Waals surface area contributed by atoms with Gasteiger partial charge in [0, 0.05) is 15.6 Å². The molecule has 4 nitrogen and oxygen atoms in total. The number of fused-ring (bicyclic) bond motifs is 1. The van der Waals surface area contributed by atoms with E-state index in [-0.39, 0.29) is 0 Å². The maximum absolute atomic E-state index is 5.48. The lowest BCUT2D eigenvalue weighted by Gasteiger charge is -2.29. The van der Waals surface area contributed by atoms with Gasteiger partial charge in [-0.25, -0.2) is 0 Å². The normalized spacial score (nSPS) is 22.5. The lowest BCUT2D eigenvalue weighted by atomic mass is 10.1. The van der Waals surface area contributed by atoms with E-state index in [2.05, 4.69) is 52.3 Å². The van der Waals surface area contributed by atoms with Gasteiger partial charge in [0.2, 0.25) is 6.79 Å². The van der Waals surface area contributed by atoms with Gasteiger partial charge < -0.3 is 19.3 Å². The van der Waals surface area contributed by atoms with Crippen molar-refractivity contribution in [1.29, 1.82) is 0 Å². The van der Waals surface area contributed by atoms with Gasteiger partial charge in [0.25, 0.3) is 0 Å². The standard InChI is InChI=1S/C19H21BrN2O2/c20-17-4-1-15(2-5-17)12-21-7-9-22(10-8-21)13-16-3-6-18-19(11-16)24-14-23-18/h1-6,11H,7-10,12-14H2/p+2. The van der Waals surface area contributed by atoms with E-state index in [1.807, 2.05) is 6.07 Å². The monoisotopic (exact) mass is 390 g/mol. The van der Waals surface area contributed by atoms with Crippen molar-refractivity contribution in [1.82, 2.24) is 0 Å². The fourth-order valence-corrected chi connectivity index (χ4v) is 3.81. The minimum Gasteiger partial charge on any atom is -0.454 e. The fraction of sp³-hybridized carbons (Fsp3) is 0.368. The Labute approximate surface area is 151 Å². The van der Waals surface area contributed by atoms with Gasteiger partial charge in [-0.3, -0.25) is 0 Å². The van der Waals surface area contributed by atoms with Crippen LogP contribution in [0.1, 0.15) is 11.1 Å². The van der Waals surface area contributed by atoms with Crippen LogP contribution in [0.2, 0.25) is 0 Å². The summed E-state index contributed by atoms with van der Waals surface area (Å²) in [6.07, 6.45) is 0. The Kier molecular flexibility index (Phi) is 4.74. The molecule has 2 aromatic carbocycles. The van der Waals surface area contributed by atoms with Crippen molar-refractivity contribution in [2.45, 2.75) is 13.1 Å². The van der Waals surface area contributed by atoms with Crippen LogP contribution in [0, 0.1) is 0 Å². The average molecular weight is 391 g/mol. The van der Waals surface area contributed by atoms with Crippen molar-refractivity contribution in [2.75, 3.05) is 33.0 Å². The maximum atomic E-state index is 5.48. The van der Waals surface area contributed by atoms with Crippen LogP contribution in [0.25, 0.3) is 0 Å². The van der Waals surface area contributed by atoms with Crippen molar-refractivity contribution in [3.8, 4) is 11.5 Å². The lowest BCUT2D eigenvalue weighted by Crippen LogP contribution is -3.27. The molecule has 2 aliphatic rings. The van der Waals surface area contributed by atoms with Crippen LogP contribution in [0.3, 0.4) is 0 Å². The molecule has 1 fully saturated rings. The van der Waals surface area contributed by atoms with E-state index < -0.39 is 0 Å². The number of hydrogen-bond donors (Lipinski definition) is 2. The van der Waals surface area contributed by atoms with E-state index in [0.717, 1.165) is 29.1 Å². The molecule has 2 aliphatic heterocycles. The van der Waals surface area contributed by atoms with Gasteiger partial charge >= 0.3 is 0 Å². The molecule has 0 radical (unpaired) electrons. The second-order valence-corrected chi connectivity index (χ2v) is 7.58. The number of quaternary nitrogens is 2. The first kappa shape index (κ1) is 15.9. The van der Waals surface area contributed by atoms with Gasteiger partial charge in [-0.1, -0.05) is 28.1 Å². The second kappa shape index (κ2) is 7.13. The number of benzene rings is 2. The van der Waals surface area contributed by atoms with Crippen LogP contribution < -0.4 is 19.3 Å². The highest BCUT2D eigenvalue weighted by atomic mass is 79.9. The summed E-state index contributed by atoms with van der Waals surface area (Å²) in [6.45, 7) is 7.46. The Morgan fingerprint density at radius 3 is 2.04 bits per heavy atom. The maximum Gasteiger partial charge on any atom is 0.231 e. The first-order valence-corrected chi connectivity index (χ1v) is 9.36. The summed E-state index contributed by atoms with van der Waals surface area (Å²) in [5.74, 6) is 1.77. The van der Waals surface area contributed by atoms with Crippen LogP contribution in [0.15, 0.2) is 46.9 Å². The molecule has 24 heavy (non-hydrogen) atoms. The molecule has 2 heterocycles. The SMILES string of the molecule is Brc1ccc(C[NH+]2CC[NH+](Cc3ccc4c(c3)OCO4)CC2)cc1. The highest BCUT2D eigenvalue weighted by Gasteiger charge is 2.24. The molecule has 5 heteroatoms. The van der Waals surface area contributed by atoms with E-state index in [0.29, 0.717) is 6.79 Å². The number of rotatable bonds is 4. The molecule has 0 aromatic heterocycles. The van der Waals surface area contributed by atoms with Crippen molar-refractivity contribution in [3.63, 3.8) is 0 Å². The fourth-order valence-electron chi connectivity index (χ4n) is 3.54. The highest BCUT2D eigenvalue weighted by Crippen LogP contribution is 2.32. The van der Waals surface area contributed by atoms with Gasteiger partial charge in [0.15, 0.2) is 11.5 Å². The zero-order valence-corrected chi connectivity index (χ0v) is 15.3.